The first-order chi connectivity index (χ1) is 12.6. The van der Waals surface area contributed by atoms with Crippen LogP contribution in [0, 0.1) is 6.92 Å². The van der Waals surface area contributed by atoms with E-state index >= 15 is 0 Å². The molecule has 4 heterocycles. The van der Waals surface area contributed by atoms with Crippen LogP contribution in [0.25, 0.3) is 17.1 Å². The molecule has 0 spiro atoms. The molecule has 1 aliphatic rings. The lowest BCUT2D eigenvalue weighted by Gasteiger charge is -2.08. The number of rotatable bonds is 2. The topological polar surface area (TPSA) is 87.5 Å². The number of aryl methyl sites for hydroxylation is 1. The molecule has 1 aliphatic heterocycles. The molecule has 4 aromatic rings. The van der Waals surface area contributed by atoms with Gasteiger partial charge in [-0.2, -0.15) is 10.1 Å². The Morgan fingerprint density at radius 2 is 2.19 bits per heavy atom. The molecule has 0 amide bonds. The highest BCUT2D eigenvalue weighted by molar-refractivity contribution is 9.10. The summed E-state index contributed by atoms with van der Waals surface area (Å²) in [6.45, 7) is 2.25. The van der Waals surface area contributed by atoms with Crippen molar-refractivity contribution < 1.29 is 4.52 Å². The highest BCUT2D eigenvalue weighted by Gasteiger charge is 2.25. The average molecular weight is 433 g/mol. The third-order valence-corrected chi connectivity index (χ3v) is 4.98. The van der Waals surface area contributed by atoms with Gasteiger partial charge in [0.1, 0.15) is 6.33 Å². The number of imidazole rings is 1. The summed E-state index contributed by atoms with van der Waals surface area (Å²) in [4.78, 5) is 13.2. The fraction of sp³-hybridized carbons (Fsp3) is 0.188. The van der Waals surface area contributed by atoms with Gasteiger partial charge < -0.3 is 4.52 Å². The van der Waals surface area contributed by atoms with Gasteiger partial charge in [0.2, 0.25) is 5.89 Å². The van der Waals surface area contributed by atoms with Gasteiger partial charge >= 0.3 is 0 Å². The Balaban J connectivity index is 1.67. The molecule has 0 saturated heterocycles. The predicted molar refractivity (Wildman–Crippen MR) is 96.2 cm³/mol. The van der Waals surface area contributed by atoms with Gasteiger partial charge in [-0.15, -0.1) is 0 Å². The monoisotopic (exact) mass is 431 g/mol. The molecule has 0 saturated carbocycles. The largest absolute Gasteiger partial charge is 0.339 e. The van der Waals surface area contributed by atoms with Gasteiger partial charge in [0.25, 0.3) is 0 Å². The van der Waals surface area contributed by atoms with Crippen LogP contribution in [0.15, 0.2) is 33.5 Å². The Labute approximate surface area is 161 Å². The molecular formula is C16H11BrClN7O. The summed E-state index contributed by atoms with van der Waals surface area (Å²) in [5.74, 6) is 2.44. The van der Waals surface area contributed by atoms with Gasteiger partial charge in [-0.05, 0) is 25.1 Å². The lowest BCUT2D eigenvalue weighted by molar-refractivity contribution is 0.379. The highest BCUT2D eigenvalue weighted by Crippen LogP contribution is 2.34. The zero-order chi connectivity index (χ0) is 17.8. The summed E-state index contributed by atoms with van der Waals surface area (Å²) in [5.41, 5.74) is 2.75. The van der Waals surface area contributed by atoms with E-state index in [4.69, 9.17) is 21.1 Å². The summed E-state index contributed by atoms with van der Waals surface area (Å²) in [7, 11) is 0. The summed E-state index contributed by atoms with van der Waals surface area (Å²) < 4.78 is 9.94. The average Bonchev–Trinajstić information content (AvgIpc) is 3.28. The minimum Gasteiger partial charge on any atom is -0.339 e. The number of aromatic nitrogens is 7. The van der Waals surface area contributed by atoms with Crippen LogP contribution in [0.5, 0.6) is 0 Å². The van der Waals surface area contributed by atoms with E-state index in [-0.39, 0.29) is 0 Å². The Hall–Kier alpha value is -2.52. The van der Waals surface area contributed by atoms with Crippen molar-refractivity contribution in [2.75, 3.05) is 0 Å². The van der Waals surface area contributed by atoms with Crippen LogP contribution in [-0.4, -0.2) is 34.5 Å². The van der Waals surface area contributed by atoms with Crippen LogP contribution >= 0.6 is 27.5 Å². The molecule has 8 nitrogen and oxygen atoms in total. The van der Waals surface area contributed by atoms with Crippen LogP contribution in [0.1, 0.15) is 23.2 Å². The van der Waals surface area contributed by atoms with Gasteiger partial charge in [0, 0.05) is 10.0 Å². The quantitative estimate of drug-likeness (QED) is 0.426. The van der Waals surface area contributed by atoms with Crippen molar-refractivity contribution in [2.24, 2.45) is 0 Å². The minimum absolute atomic E-state index is 0.372. The van der Waals surface area contributed by atoms with Gasteiger partial charge in [-0.25, -0.2) is 14.6 Å². The highest BCUT2D eigenvalue weighted by atomic mass is 79.9. The molecule has 0 N–H and O–H groups in total. The molecule has 5 rings (SSSR count). The SMILES string of the molecule is Cc1noc(Cc2nc3n(n2)Cc2c(Cl)ncn2-c2ccc(Br)cc2-3)n1. The second-order valence-electron chi connectivity index (χ2n) is 5.93. The second kappa shape index (κ2) is 5.75. The van der Waals surface area contributed by atoms with Gasteiger partial charge in [0.05, 0.1) is 24.3 Å². The summed E-state index contributed by atoms with van der Waals surface area (Å²) in [6.07, 6.45) is 2.09. The third kappa shape index (κ3) is 2.46. The van der Waals surface area contributed by atoms with E-state index in [1.807, 2.05) is 27.4 Å². The Bertz CT molecular complexity index is 1150. The fourth-order valence-corrected chi connectivity index (χ4v) is 3.62. The standard InChI is InChI=1S/C16H11BrClN7O/c1-8-20-14(26-23-8)5-13-21-16-10-4-9(17)2-3-11(10)24-7-19-15(18)12(24)6-25(16)22-13/h2-4,7H,5-6H2,1H3. The number of hydrogen-bond donors (Lipinski definition) is 0. The molecular weight excluding hydrogens is 422 g/mol. The first kappa shape index (κ1) is 15.7. The summed E-state index contributed by atoms with van der Waals surface area (Å²) in [5, 5.41) is 8.89. The number of benzene rings is 1. The molecule has 0 bridgehead atoms. The molecule has 0 radical (unpaired) electrons. The molecule has 3 aromatic heterocycles. The molecule has 0 unspecified atom stereocenters. The molecule has 0 fully saturated rings. The maximum atomic E-state index is 6.30. The molecule has 130 valence electrons. The third-order valence-electron chi connectivity index (χ3n) is 4.17. The minimum atomic E-state index is 0.372. The van der Waals surface area contributed by atoms with Crippen molar-refractivity contribution in [1.82, 2.24) is 34.5 Å². The fourth-order valence-electron chi connectivity index (χ4n) is 3.06. The van der Waals surface area contributed by atoms with Gasteiger partial charge in [-0.3, -0.25) is 4.57 Å². The lowest BCUT2D eigenvalue weighted by atomic mass is 10.1. The molecule has 10 heteroatoms. The van der Waals surface area contributed by atoms with E-state index in [0.29, 0.717) is 35.7 Å². The van der Waals surface area contributed by atoms with Crippen molar-refractivity contribution in [1.29, 1.82) is 0 Å². The van der Waals surface area contributed by atoms with Gasteiger partial charge in [-0.1, -0.05) is 32.7 Å². The van der Waals surface area contributed by atoms with E-state index in [2.05, 4.69) is 36.2 Å². The second-order valence-corrected chi connectivity index (χ2v) is 7.21. The number of nitrogens with zero attached hydrogens (tertiary/aromatic N) is 7. The van der Waals surface area contributed by atoms with E-state index < -0.39 is 0 Å². The molecule has 26 heavy (non-hydrogen) atoms. The smallest absolute Gasteiger partial charge is 0.234 e. The van der Waals surface area contributed by atoms with Crippen molar-refractivity contribution in [3.8, 4) is 17.1 Å². The van der Waals surface area contributed by atoms with E-state index in [0.717, 1.165) is 27.2 Å². The first-order valence-corrected chi connectivity index (χ1v) is 9.00. The van der Waals surface area contributed by atoms with Crippen LogP contribution in [0.3, 0.4) is 0 Å². The predicted octanol–water partition coefficient (Wildman–Crippen LogP) is 3.19. The zero-order valence-electron chi connectivity index (χ0n) is 13.5. The number of hydrogen-bond acceptors (Lipinski definition) is 6. The summed E-state index contributed by atoms with van der Waals surface area (Å²) >= 11 is 9.83. The zero-order valence-corrected chi connectivity index (χ0v) is 15.9. The van der Waals surface area contributed by atoms with Crippen LogP contribution in [-0.2, 0) is 13.0 Å². The first-order valence-electron chi connectivity index (χ1n) is 7.83. The van der Waals surface area contributed by atoms with Gasteiger partial charge in [0.15, 0.2) is 22.6 Å². The van der Waals surface area contributed by atoms with Crippen LogP contribution in [0.4, 0.5) is 0 Å². The molecule has 1 aromatic carbocycles. The van der Waals surface area contributed by atoms with Crippen LogP contribution in [0.2, 0.25) is 5.15 Å². The molecule has 0 aliphatic carbocycles. The number of fused-ring (bicyclic) bond motifs is 5. The normalized spacial score (nSPS) is 12.4. The van der Waals surface area contributed by atoms with Crippen molar-refractivity contribution in [3.63, 3.8) is 0 Å². The Morgan fingerprint density at radius 3 is 3.00 bits per heavy atom. The van der Waals surface area contributed by atoms with E-state index in [1.54, 1.807) is 13.3 Å². The Kier molecular flexibility index (Phi) is 3.47. The maximum Gasteiger partial charge on any atom is 0.234 e. The van der Waals surface area contributed by atoms with E-state index in [9.17, 15) is 0 Å². The Morgan fingerprint density at radius 1 is 1.31 bits per heavy atom. The lowest BCUT2D eigenvalue weighted by Crippen LogP contribution is -2.05. The van der Waals surface area contributed by atoms with Crippen LogP contribution < -0.4 is 0 Å². The van der Waals surface area contributed by atoms with Crippen molar-refractivity contribution in [2.45, 2.75) is 19.9 Å². The van der Waals surface area contributed by atoms with E-state index in [1.165, 1.54) is 0 Å². The van der Waals surface area contributed by atoms with Crippen molar-refractivity contribution in [3.05, 3.63) is 57.4 Å². The van der Waals surface area contributed by atoms with Crippen molar-refractivity contribution >= 4 is 27.5 Å². The molecule has 0 atom stereocenters. The maximum absolute atomic E-state index is 6.30. The summed E-state index contributed by atoms with van der Waals surface area (Å²) in [6, 6.07) is 6.00. The number of halogens is 2.